The highest BCUT2D eigenvalue weighted by atomic mass is 32.1. The van der Waals surface area contributed by atoms with Crippen LogP contribution in [0, 0.1) is 45.3 Å². The minimum atomic E-state index is -2.08. The summed E-state index contributed by atoms with van der Waals surface area (Å²) in [5.41, 5.74) is -0.526. The first-order valence-electron chi connectivity index (χ1n) is 14.2. The highest BCUT2D eigenvalue weighted by molar-refractivity contribution is 7.36. The second kappa shape index (κ2) is 12.9. The van der Waals surface area contributed by atoms with Crippen molar-refractivity contribution in [1.29, 1.82) is 21.0 Å². The van der Waals surface area contributed by atoms with E-state index in [1.165, 1.54) is 22.7 Å². The van der Waals surface area contributed by atoms with Crippen LogP contribution in [0.4, 0.5) is 10.0 Å². The fraction of sp³-hybridized carbons (Fsp3) is 0.0857. The normalized spacial score (nSPS) is 12.1. The van der Waals surface area contributed by atoms with Crippen molar-refractivity contribution in [3.8, 4) is 34.0 Å². The monoisotopic (exact) mass is 712 g/mol. The minimum Gasteiger partial charge on any atom is -0.459 e. The summed E-state index contributed by atoms with van der Waals surface area (Å²) in [6.07, 6.45) is 0. The molecule has 0 saturated carbocycles. The number of carbonyl (C=O) groups is 2. The van der Waals surface area contributed by atoms with Crippen LogP contribution in [0.2, 0.25) is 0 Å². The molecule has 10 nitrogen and oxygen atoms in total. The standard InChI is InChI=1S/C35H16N6O4S4/c36-13-21(14-37)40-25-11-23-29(48-25)27-31(46-23)32-28(30-24(47-32)12-26(49-30)41-22(15-38)16-39)35(27,33(42)44-17-19-7-3-1-4-8-19)34(43)45-18-20-9-5-2-6-10-20/h1-12H,17-18H2. The first kappa shape index (κ1) is 31.6. The lowest BCUT2D eigenvalue weighted by Gasteiger charge is -2.27. The van der Waals surface area contributed by atoms with Crippen LogP contribution in [-0.4, -0.2) is 23.4 Å². The Morgan fingerprint density at radius 2 is 1.00 bits per heavy atom. The van der Waals surface area contributed by atoms with Crippen molar-refractivity contribution in [3.63, 3.8) is 0 Å². The molecule has 234 valence electrons. The number of fused-ring (bicyclic) bond motifs is 7. The van der Waals surface area contributed by atoms with Crippen LogP contribution in [0.3, 0.4) is 0 Å². The maximum Gasteiger partial charge on any atom is 0.333 e. The van der Waals surface area contributed by atoms with Crippen LogP contribution in [0.15, 0.2) is 82.8 Å². The zero-order valence-electron chi connectivity index (χ0n) is 24.8. The fourth-order valence-electron chi connectivity index (χ4n) is 5.51. The van der Waals surface area contributed by atoms with Gasteiger partial charge < -0.3 is 9.47 Å². The first-order chi connectivity index (χ1) is 23.9. The predicted octanol–water partition coefficient (Wildman–Crippen LogP) is 8.23. The molecule has 0 unspecified atom stereocenters. The van der Waals surface area contributed by atoms with E-state index in [9.17, 15) is 30.6 Å². The number of aliphatic imine (C=N–C) groups is 2. The Kier molecular flexibility index (Phi) is 8.31. The average molecular weight is 713 g/mol. The van der Waals surface area contributed by atoms with Gasteiger partial charge in [-0.3, -0.25) is 9.59 Å². The number of benzene rings is 2. The van der Waals surface area contributed by atoms with E-state index in [-0.39, 0.29) is 24.6 Å². The topological polar surface area (TPSA) is 172 Å². The molecule has 0 amide bonds. The van der Waals surface area contributed by atoms with Gasteiger partial charge in [0, 0.05) is 20.5 Å². The number of rotatable bonds is 8. The van der Waals surface area contributed by atoms with E-state index < -0.39 is 17.4 Å². The second-order valence-electron chi connectivity index (χ2n) is 10.4. The Hall–Kier alpha value is -6.00. The van der Waals surface area contributed by atoms with E-state index in [1.807, 2.05) is 60.7 Å². The van der Waals surface area contributed by atoms with E-state index >= 15 is 0 Å². The van der Waals surface area contributed by atoms with Crippen LogP contribution in [0.25, 0.3) is 28.6 Å². The van der Waals surface area contributed by atoms with Gasteiger partial charge in [-0.2, -0.15) is 21.0 Å². The summed E-state index contributed by atoms with van der Waals surface area (Å²) < 4.78 is 14.6. The van der Waals surface area contributed by atoms with Gasteiger partial charge in [-0.05, 0) is 23.3 Å². The molecule has 2 aromatic carbocycles. The first-order valence-corrected chi connectivity index (χ1v) is 17.5. The van der Waals surface area contributed by atoms with Crippen LogP contribution in [0.5, 0.6) is 0 Å². The number of hydrogen-bond donors (Lipinski definition) is 0. The highest BCUT2D eigenvalue weighted by Gasteiger charge is 2.62. The van der Waals surface area contributed by atoms with Crippen molar-refractivity contribution in [3.05, 3.63) is 95.1 Å². The van der Waals surface area contributed by atoms with Crippen molar-refractivity contribution in [2.24, 2.45) is 9.98 Å². The Balaban J connectivity index is 1.47. The molecule has 0 aliphatic heterocycles. The SMILES string of the molecule is N#CC(C#N)=Nc1cc2sc3c(c2s1)C(C(=O)OCc1ccccc1)(C(=O)OCc1ccccc1)c1c-3sc2cc(N=C(C#N)C#N)sc12. The molecule has 4 heterocycles. The van der Waals surface area contributed by atoms with Gasteiger partial charge in [0.2, 0.25) is 16.8 Å². The lowest BCUT2D eigenvalue weighted by Crippen LogP contribution is -2.45. The zero-order chi connectivity index (χ0) is 34.1. The molecule has 7 rings (SSSR count). The van der Waals surface area contributed by atoms with Gasteiger partial charge in [0.25, 0.3) is 0 Å². The zero-order valence-corrected chi connectivity index (χ0v) is 28.1. The van der Waals surface area contributed by atoms with Crippen LogP contribution in [-0.2, 0) is 37.7 Å². The molecule has 0 fully saturated rings. The molecule has 6 aromatic rings. The summed E-state index contributed by atoms with van der Waals surface area (Å²) in [6.45, 7) is -0.222. The third-order valence-corrected chi connectivity index (χ3v) is 12.4. The predicted molar refractivity (Wildman–Crippen MR) is 188 cm³/mol. The number of ether oxygens (including phenoxy) is 2. The lowest BCUT2D eigenvalue weighted by molar-refractivity contribution is -0.164. The number of carbonyl (C=O) groups excluding carboxylic acids is 2. The quantitative estimate of drug-likeness (QED) is 0.0862. The molecule has 0 N–H and O–H groups in total. The third-order valence-electron chi connectivity index (χ3n) is 7.56. The summed E-state index contributed by atoms with van der Waals surface area (Å²) in [4.78, 5) is 39.4. The summed E-state index contributed by atoms with van der Waals surface area (Å²) in [5, 5.41) is 38.0. The molecule has 4 aromatic heterocycles. The molecule has 0 saturated heterocycles. The molecule has 0 atom stereocenters. The maximum absolute atomic E-state index is 14.8. The van der Waals surface area contributed by atoms with E-state index in [1.54, 1.807) is 36.4 Å². The second-order valence-corrected chi connectivity index (χ2v) is 14.6. The van der Waals surface area contributed by atoms with Gasteiger partial charge in [0.05, 0.1) is 19.2 Å². The number of nitriles is 4. The van der Waals surface area contributed by atoms with Gasteiger partial charge in [-0.15, -0.1) is 45.3 Å². The summed E-state index contributed by atoms with van der Waals surface area (Å²) >= 11 is 5.03. The average Bonchev–Trinajstić information content (AvgIpc) is 3.92. The summed E-state index contributed by atoms with van der Waals surface area (Å²) in [7, 11) is 0. The molecular weight excluding hydrogens is 697 g/mol. The summed E-state index contributed by atoms with van der Waals surface area (Å²) in [5.74, 6) is -1.68. The van der Waals surface area contributed by atoms with Gasteiger partial charge >= 0.3 is 11.9 Å². The molecule has 0 bridgehead atoms. The Bertz CT molecular complexity index is 2340. The summed E-state index contributed by atoms with van der Waals surface area (Å²) in [6, 6.07) is 28.7. The van der Waals surface area contributed by atoms with Crippen molar-refractivity contribution >= 4 is 97.5 Å². The van der Waals surface area contributed by atoms with Crippen molar-refractivity contribution < 1.29 is 19.1 Å². The van der Waals surface area contributed by atoms with Gasteiger partial charge in [-0.1, -0.05) is 60.7 Å². The van der Waals surface area contributed by atoms with E-state index in [4.69, 9.17) is 9.47 Å². The van der Waals surface area contributed by atoms with Gasteiger partial charge in [0.15, 0.2) is 0 Å². The van der Waals surface area contributed by atoms with Crippen molar-refractivity contribution in [1.82, 2.24) is 0 Å². The van der Waals surface area contributed by atoms with Crippen molar-refractivity contribution in [2.75, 3.05) is 0 Å². The minimum absolute atomic E-state index is 0.111. The fourth-order valence-corrected chi connectivity index (χ4v) is 10.9. The number of esters is 2. The van der Waals surface area contributed by atoms with Gasteiger partial charge in [-0.25, -0.2) is 9.98 Å². The number of hydrogen-bond acceptors (Lipinski definition) is 14. The molecule has 1 aliphatic rings. The third kappa shape index (κ3) is 5.36. The highest BCUT2D eigenvalue weighted by Crippen LogP contribution is 2.64. The smallest absolute Gasteiger partial charge is 0.333 e. The molecule has 0 spiro atoms. The number of nitrogens with zero attached hydrogens (tertiary/aromatic N) is 6. The Morgan fingerprint density at radius 1 is 0.612 bits per heavy atom. The van der Waals surface area contributed by atoms with E-state index in [2.05, 4.69) is 9.98 Å². The van der Waals surface area contributed by atoms with Crippen LogP contribution < -0.4 is 0 Å². The van der Waals surface area contributed by atoms with E-state index in [0.717, 1.165) is 33.8 Å². The largest absolute Gasteiger partial charge is 0.459 e. The van der Waals surface area contributed by atoms with E-state index in [0.29, 0.717) is 49.7 Å². The Labute approximate surface area is 293 Å². The molecular formula is C35H16N6O4S4. The molecule has 49 heavy (non-hydrogen) atoms. The Morgan fingerprint density at radius 3 is 1.37 bits per heavy atom. The lowest BCUT2D eigenvalue weighted by atomic mass is 9.79. The van der Waals surface area contributed by atoms with Crippen molar-refractivity contribution in [2.45, 2.75) is 18.6 Å². The molecule has 0 radical (unpaired) electrons. The number of thiophene rings is 4. The molecule has 14 heteroatoms. The van der Waals surface area contributed by atoms with Gasteiger partial charge in [0.1, 0.15) is 47.5 Å². The van der Waals surface area contributed by atoms with Crippen LogP contribution in [0.1, 0.15) is 22.3 Å². The van der Waals surface area contributed by atoms with Crippen LogP contribution >= 0.6 is 45.3 Å². The molecule has 1 aliphatic carbocycles. The maximum atomic E-state index is 14.8.